The summed E-state index contributed by atoms with van der Waals surface area (Å²) in [6, 6.07) is 15.5. The van der Waals surface area contributed by atoms with Gasteiger partial charge < -0.3 is 20.1 Å². The molecule has 2 amide bonds. The van der Waals surface area contributed by atoms with Crippen LogP contribution in [0.1, 0.15) is 32.9 Å². The number of carbonyl (C=O) groups excluding carboxylic acids is 2. The van der Waals surface area contributed by atoms with Gasteiger partial charge in [0.2, 0.25) is 0 Å². The Labute approximate surface area is 189 Å². The Hall–Kier alpha value is -2.87. The Morgan fingerprint density at radius 3 is 2.77 bits per heavy atom. The van der Waals surface area contributed by atoms with Crippen molar-refractivity contribution in [3.63, 3.8) is 0 Å². The van der Waals surface area contributed by atoms with E-state index in [1.165, 1.54) is 11.3 Å². The zero-order valence-corrected chi connectivity index (χ0v) is 18.2. The normalized spacial score (nSPS) is 15.5. The van der Waals surface area contributed by atoms with E-state index >= 15 is 0 Å². The summed E-state index contributed by atoms with van der Waals surface area (Å²) in [5.41, 5.74) is 1.35. The first-order valence-electron chi connectivity index (χ1n) is 9.89. The van der Waals surface area contributed by atoms with Crippen LogP contribution in [0.4, 0.5) is 11.4 Å². The number of thiophene rings is 1. The number of benzene rings is 2. The third-order valence-corrected chi connectivity index (χ3v) is 5.97. The fourth-order valence-electron chi connectivity index (χ4n) is 3.19. The van der Waals surface area contributed by atoms with Crippen LogP contribution in [0.2, 0.25) is 5.02 Å². The maximum absolute atomic E-state index is 12.7. The Bertz CT molecular complexity index is 1070. The van der Waals surface area contributed by atoms with Crippen LogP contribution >= 0.6 is 22.9 Å². The van der Waals surface area contributed by atoms with Crippen LogP contribution < -0.4 is 15.4 Å². The summed E-state index contributed by atoms with van der Waals surface area (Å²) in [4.78, 5) is 25.6. The molecule has 0 bridgehead atoms. The van der Waals surface area contributed by atoms with Crippen LogP contribution in [0.15, 0.2) is 60.0 Å². The van der Waals surface area contributed by atoms with E-state index in [0.717, 1.165) is 19.4 Å². The minimum atomic E-state index is -0.320. The third-order valence-electron chi connectivity index (χ3n) is 4.77. The van der Waals surface area contributed by atoms with Crippen LogP contribution in [0.3, 0.4) is 0 Å². The monoisotopic (exact) mass is 456 g/mol. The van der Waals surface area contributed by atoms with Crippen LogP contribution in [0.5, 0.6) is 5.75 Å². The van der Waals surface area contributed by atoms with Crippen molar-refractivity contribution in [3.8, 4) is 5.75 Å². The predicted octanol–water partition coefficient (Wildman–Crippen LogP) is 5.46. The molecule has 0 saturated carbocycles. The van der Waals surface area contributed by atoms with Gasteiger partial charge in [0.1, 0.15) is 12.4 Å². The van der Waals surface area contributed by atoms with Crippen molar-refractivity contribution in [1.29, 1.82) is 0 Å². The quantitative estimate of drug-likeness (QED) is 0.494. The molecule has 1 unspecified atom stereocenters. The SMILES string of the molecule is O=C(Nc1cccc(OCC2CCCO2)c1)c1ccc(Cl)c(NC(=O)c2cccs2)c1. The molecule has 1 saturated heterocycles. The van der Waals surface area contributed by atoms with Gasteiger partial charge in [-0.3, -0.25) is 9.59 Å². The number of ether oxygens (including phenoxy) is 2. The molecule has 1 aromatic heterocycles. The Kier molecular flexibility index (Phi) is 6.86. The van der Waals surface area contributed by atoms with Crippen molar-refractivity contribution in [3.05, 3.63) is 75.4 Å². The second kappa shape index (κ2) is 9.96. The van der Waals surface area contributed by atoms with Gasteiger partial charge >= 0.3 is 0 Å². The number of nitrogens with one attached hydrogen (secondary N) is 2. The van der Waals surface area contributed by atoms with E-state index in [0.29, 0.717) is 39.2 Å². The number of carbonyl (C=O) groups is 2. The van der Waals surface area contributed by atoms with E-state index in [1.807, 2.05) is 17.5 Å². The van der Waals surface area contributed by atoms with E-state index in [4.69, 9.17) is 21.1 Å². The molecule has 0 radical (unpaired) electrons. The summed E-state index contributed by atoms with van der Waals surface area (Å²) in [6.07, 6.45) is 2.18. The Balaban J connectivity index is 1.41. The summed E-state index contributed by atoms with van der Waals surface area (Å²) >= 11 is 7.53. The van der Waals surface area contributed by atoms with Gasteiger partial charge in [0.15, 0.2) is 0 Å². The van der Waals surface area contributed by atoms with Crippen LogP contribution in [0, 0.1) is 0 Å². The minimum absolute atomic E-state index is 0.120. The number of anilines is 2. The smallest absolute Gasteiger partial charge is 0.265 e. The topological polar surface area (TPSA) is 76.7 Å². The highest BCUT2D eigenvalue weighted by Gasteiger charge is 2.16. The van der Waals surface area contributed by atoms with E-state index < -0.39 is 0 Å². The van der Waals surface area contributed by atoms with Crippen molar-refractivity contribution >= 4 is 46.1 Å². The van der Waals surface area contributed by atoms with Crippen LogP contribution in [-0.4, -0.2) is 31.1 Å². The van der Waals surface area contributed by atoms with Gasteiger partial charge in [-0.25, -0.2) is 0 Å². The molecular formula is C23H21ClN2O4S. The second-order valence-corrected chi connectivity index (χ2v) is 8.41. The summed E-state index contributed by atoms with van der Waals surface area (Å²) in [5.74, 6) is 0.0680. The standard InChI is InChI=1S/C23H21ClN2O4S/c24-19-9-8-15(12-20(19)26-23(28)21-7-3-11-31-21)22(27)25-16-4-1-5-17(13-16)30-14-18-6-2-10-29-18/h1,3-5,7-9,11-13,18H,2,6,10,14H2,(H,25,27)(H,26,28). The number of hydrogen-bond acceptors (Lipinski definition) is 5. The molecule has 0 spiro atoms. The average Bonchev–Trinajstić information content (AvgIpc) is 3.48. The summed E-state index contributed by atoms with van der Waals surface area (Å²) < 4.78 is 11.4. The molecule has 160 valence electrons. The lowest BCUT2D eigenvalue weighted by molar-refractivity contribution is 0.0680. The predicted molar refractivity (Wildman–Crippen MR) is 123 cm³/mol. The number of halogens is 1. The molecule has 31 heavy (non-hydrogen) atoms. The zero-order chi connectivity index (χ0) is 21.6. The van der Waals surface area contributed by atoms with Crippen LogP contribution in [-0.2, 0) is 4.74 Å². The highest BCUT2D eigenvalue weighted by molar-refractivity contribution is 7.12. The van der Waals surface area contributed by atoms with Gasteiger partial charge in [-0.15, -0.1) is 11.3 Å². The Morgan fingerprint density at radius 2 is 2.00 bits per heavy atom. The van der Waals surface area contributed by atoms with Gasteiger partial charge in [-0.2, -0.15) is 0 Å². The molecular weight excluding hydrogens is 436 g/mol. The summed E-state index contributed by atoms with van der Waals surface area (Å²) in [5, 5.41) is 7.77. The van der Waals surface area contributed by atoms with E-state index in [-0.39, 0.29) is 17.9 Å². The molecule has 3 aromatic rings. The number of amides is 2. The fraction of sp³-hybridized carbons (Fsp3) is 0.217. The molecule has 2 heterocycles. The molecule has 8 heteroatoms. The van der Waals surface area contributed by atoms with Gasteiger partial charge in [0.05, 0.1) is 21.7 Å². The van der Waals surface area contributed by atoms with Crippen molar-refractivity contribution in [1.82, 2.24) is 0 Å². The lowest BCUT2D eigenvalue weighted by Gasteiger charge is -2.13. The van der Waals surface area contributed by atoms with Crippen LogP contribution in [0.25, 0.3) is 0 Å². The Morgan fingerprint density at radius 1 is 1.10 bits per heavy atom. The van der Waals surface area contributed by atoms with Crippen molar-refractivity contribution < 1.29 is 19.1 Å². The van der Waals surface area contributed by atoms with E-state index in [2.05, 4.69) is 10.6 Å². The lowest BCUT2D eigenvalue weighted by Crippen LogP contribution is -2.16. The molecule has 1 atom stereocenters. The largest absolute Gasteiger partial charge is 0.491 e. The van der Waals surface area contributed by atoms with E-state index in [1.54, 1.807) is 42.5 Å². The van der Waals surface area contributed by atoms with E-state index in [9.17, 15) is 9.59 Å². The van der Waals surface area contributed by atoms with Crippen molar-refractivity contribution in [2.45, 2.75) is 18.9 Å². The second-order valence-electron chi connectivity index (χ2n) is 7.05. The maximum atomic E-state index is 12.7. The molecule has 4 rings (SSSR count). The average molecular weight is 457 g/mol. The molecule has 1 fully saturated rings. The fourth-order valence-corrected chi connectivity index (χ4v) is 3.97. The molecule has 1 aliphatic rings. The van der Waals surface area contributed by atoms with Crippen molar-refractivity contribution in [2.24, 2.45) is 0 Å². The number of hydrogen-bond donors (Lipinski definition) is 2. The highest BCUT2D eigenvalue weighted by atomic mass is 35.5. The molecule has 0 aliphatic carbocycles. The first kappa shape index (κ1) is 21.4. The van der Waals surface area contributed by atoms with Gasteiger partial charge in [0.25, 0.3) is 11.8 Å². The summed E-state index contributed by atoms with van der Waals surface area (Å²) in [6.45, 7) is 1.27. The third kappa shape index (κ3) is 5.64. The van der Waals surface area contributed by atoms with Gasteiger partial charge in [-0.05, 0) is 54.6 Å². The molecule has 2 N–H and O–H groups in total. The first-order chi connectivity index (χ1) is 15.1. The molecule has 1 aliphatic heterocycles. The summed E-state index contributed by atoms with van der Waals surface area (Å²) in [7, 11) is 0. The minimum Gasteiger partial charge on any atom is -0.491 e. The first-order valence-corrected chi connectivity index (χ1v) is 11.1. The maximum Gasteiger partial charge on any atom is 0.265 e. The van der Waals surface area contributed by atoms with Crippen molar-refractivity contribution in [2.75, 3.05) is 23.8 Å². The van der Waals surface area contributed by atoms with Gasteiger partial charge in [0, 0.05) is 23.9 Å². The lowest BCUT2D eigenvalue weighted by atomic mass is 10.1. The highest BCUT2D eigenvalue weighted by Crippen LogP contribution is 2.26. The molecule has 2 aromatic carbocycles. The molecule has 6 nitrogen and oxygen atoms in total. The zero-order valence-electron chi connectivity index (χ0n) is 16.6. The number of rotatable bonds is 7. The van der Waals surface area contributed by atoms with Gasteiger partial charge in [-0.1, -0.05) is 23.7 Å².